The van der Waals surface area contributed by atoms with Crippen molar-refractivity contribution in [2.75, 3.05) is 13.2 Å². The summed E-state index contributed by atoms with van der Waals surface area (Å²) in [6.45, 7) is 5.80. The average molecular weight is 265 g/mol. The number of carboxylic acids is 1. The van der Waals surface area contributed by atoms with Gasteiger partial charge in [-0.3, -0.25) is 9.59 Å². The summed E-state index contributed by atoms with van der Waals surface area (Å²) in [6.07, 6.45) is 0.139. The number of benzene rings is 1. The van der Waals surface area contributed by atoms with E-state index in [2.05, 4.69) is 5.32 Å². The van der Waals surface area contributed by atoms with Crippen molar-refractivity contribution in [2.45, 2.75) is 27.2 Å². The minimum atomic E-state index is -1.06. The first-order valence-electron chi connectivity index (χ1n) is 6.10. The molecule has 0 heterocycles. The Morgan fingerprint density at radius 1 is 1.21 bits per heavy atom. The van der Waals surface area contributed by atoms with Gasteiger partial charge in [-0.25, -0.2) is 0 Å². The summed E-state index contributed by atoms with van der Waals surface area (Å²) in [5, 5.41) is 10.7. The number of amides is 1. The number of aliphatic carboxylic acids is 1. The summed E-state index contributed by atoms with van der Waals surface area (Å²) in [5.41, 5.74) is 3.22. The van der Waals surface area contributed by atoms with Crippen molar-refractivity contribution >= 4 is 11.9 Å². The molecular weight excluding hydrogens is 246 g/mol. The predicted octanol–water partition coefficient (Wildman–Crippen LogP) is 1.58. The van der Waals surface area contributed by atoms with Crippen molar-refractivity contribution in [2.24, 2.45) is 0 Å². The first-order chi connectivity index (χ1) is 8.91. The predicted molar refractivity (Wildman–Crippen MR) is 71.4 cm³/mol. The normalized spacial score (nSPS) is 10.1. The topological polar surface area (TPSA) is 75.6 Å². The number of hydrogen-bond donors (Lipinski definition) is 2. The molecule has 0 radical (unpaired) electrons. The molecule has 0 atom stereocenters. The molecule has 0 saturated carbocycles. The Hall–Kier alpha value is -2.04. The first kappa shape index (κ1) is 15.0. The highest BCUT2D eigenvalue weighted by Crippen LogP contribution is 2.25. The van der Waals surface area contributed by atoms with Crippen molar-refractivity contribution in [1.82, 2.24) is 5.32 Å². The van der Waals surface area contributed by atoms with E-state index in [1.165, 1.54) is 0 Å². The highest BCUT2D eigenvalue weighted by Gasteiger charge is 2.08. The fourth-order valence-electron chi connectivity index (χ4n) is 1.66. The molecule has 0 bridgehead atoms. The van der Waals surface area contributed by atoms with Gasteiger partial charge in [0.1, 0.15) is 12.3 Å². The largest absolute Gasteiger partial charge is 0.492 e. The molecule has 0 fully saturated rings. The van der Waals surface area contributed by atoms with E-state index >= 15 is 0 Å². The highest BCUT2D eigenvalue weighted by atomic mass is 16.5. The van der Waals surface area contributed by atoms with E-state index in [-0.39, 0.29) is 25.5 Å². The lowest BCUT2D eigenvalue weighted by Crippen LogP contribution is -2.30. The number of carboxylic acid groups (broad SMARTS) is 1. The first-order valence-corrected chi connectivity index (χ1v) is 6.10. The van der Waals surface area contributed by atoms with Gasteiger partial charge in [0.05, 0.1) is 13.0 Å². The van der Waals surface area contributed by atoms with Crippen LogP contribution in [0.2, 0.25) is 0 Å². The Labute approximate surface area is 112 Å². The zero-order valence-corrected chi connectivity index (χ0v) is 11.4. The number of hydrogen-bond acceptors (Lipinski definition) is 3. The van der Waals surface area contributed by atoms with Gasteiger partial charge in [-0.15, -0.1) is 0 Å². The molecule has 1 aromatic carbocycles. The molecule has 0 spiro atoms. The number of nitrogens with one attached hydrogen (secondary N) is 1. The molecule has 0 aliphatic heterocycles. The van der Waals surface area contributed by atoms with E-state index in [0.717, 1.165) is 22.4 Å². The summed E-state index contributed by atoms with van der Waals surface area (Å²) in [6, 6.07) is 4.00. The van der Waals surface area contributed by atoms with Gasteiger partial charge in [0.2, 0.25) is 5.91 Å². The van der Waals surface area contributed by atoms with Crippen molar-refractivity contribution in [1.29, 1.82) is 0 Å². The Morgan fingerprint density at radius 3 is 2.47 bits per heavy atom. The maximum Gasteiger partial charge on any atom is 0.322 e. The zero-order valence-electron chi connectivity index (χ0n) is 11.4. The minimum Gasteiger partial charge on any atom is -0.492 e. The van der Waals surface area contributed by atoms with Gasteiger partial charge < -0.3 is 15.2 Å². The maximum absolute atomic E-state index is 11.3. The van der Waals surface area contributed by atoms with Crippen LogP contribution in [-0.4, -0.2) is 30.1 Å². The molecule has 2 N–H and O–H groups in total. The smallest absolute Gasteiger partial charge is 0.322 e. The average Bonchev–Trinajstić information content (AvgIpc) is 2.35. The highest BCUT2D eigenvalue weighted by molar-refractivity contribution is 5.81. The minimum absolute atomic E-state index is 0.139. The van der Waals surface area contributed by atoms with Crippen LogP contribution in [0, 0.1) is 20.8 Å². The van der Waals surface area contributed by atoms with E-state index in [1.807, 2.05) is 32.9 Å². The fourth-order valence-corrected chi connectivity index (χ4v) is 1.66. The van der Waals surface area contributed by atoms with E-state index in [1.54, 1.807) is 0 Å². The number of aryl methyl sites for hydroxylation is 2. The number of rotatable bonds is 6. The monoisotopic (exact) mass is 265 g/mol. The molecular formula is C14H19NO4. The van der Waals surface area contributed by atoms with Crippen LogP contribution in [0.15, 0.2) is 12.1 Å². The summed E-state index contributed by atoms with van der Waals surface area (Å²) in [4.78, 5) is 21.6. The number of ether oxygens (including phenoxy) is 1. The van der Waals surface area contributed by atoms with E-state index in [0.29, 0.717) is 0 Å². The number of carbonyl (C=O) groups excluding carboxylic acids is 1. The molecule has 1 rings (SSSR count). The molecule has 0 aliphatic carbocycles. The third-order valence-corrected chi connectivity index (χ3v) is 2.89. The Bertz CT molecular complexity index is 483. The second-order valence-corrected chi connectivity index (χ2v) is 4.42. The Kier molecular flexibility index (Phi) is 5.36. The fraction of sp³-hybridized carbons (Fsp3) is 0.429. The summed E-state index contributed by atoms with van der Waals surface area (Å²) >= 11 is 0. The van der Waals surface area contributed by atoms with Crippen LogP contribution in [-0.2, 0) is 9.59 Å². The van der Waals surface area contributed by atoms with Crippen LogP contribution in [0.1, 0.15) is 23.1 Å². The molecule has 104 valence electrons. The Balaban J connectivity index is 2.48. The maximum atomic E-state index is 11.3. The summed E-state index contributed by atoms with van der Waals surface area (Å²) in [7, 11) is 0. The van der Waals surface area contributed by atoms with Gasteiger partial charge in [-0.1, -0.05) is 12.1 Å². The van der Waals surface area contributed by atoms with Crippen LogP contribution in [0.3, 0.4) is 0 Å². The number of carbonyl (C=O) groups is 2. The second kappa shape index (κ2) is 6.78. The standard InChI is InChI=1S/C14H19NO4/c1-9-4-5-10(2)14(11(9)3)19-7-6-12(16)15-8-13(17)18/h4-5H,6-8H2,1-3H3,(H,15,16)(H,17,18). The van der Waals surface area contributed by atoms with E-state index in [9.17, 15) is 9.59 Å². The lowest BCUT2D eigenvalue weighted by atomic mass is 10.1. The molecule has 5 heteroatoms. The van der Waals surface area contributed by atoms with Crippen LogP contribution in [0.25, 0.3) is 0 Å². The molecule has 0 unspecified atom stereocenters. The van der Waals surface area contributed by atoms with Crippen molar-refractivity contribution in [3.05, 3.63) is 28.8 Å². The molecule has 5 nitrogen and oxygen atoms in total. The van der Waals surface area contributed by atoms with Crippen molar-refractivity contribution < 1.29 is 19.4 Å². The summed E-state index contributed by atoms with van der Waals surface area (Å²) < 4.78 is 5.62. The van der Waals surface area contributed by atoms with E-state index < -0.39 is 5.97 Å². The van der Waals surface area contributed by atoms with Crippen LogP contribution in [0.5, 0.6) is 5.75 Å². The molecule has 1 amide bonds. The SMILES string of the molecule is Cc1ccc(C)c(OCCC(=O)NCC(=O)O)c1C. The van der Waals surface area contributed by atoms with Gasteiger partial charge in [0.15, 0.2) is 0 Å². The van der Waals surface area contributed by atoms with Gasteiger partial charge in [0.25, 0.3) is 0 Å². The van der Waals surface area contributed by atoms with Crippen molar-refractivity contribution in [3.63, 3.8) is 0 Å². The van der Waals surface area contributed by atoms with Crippen molar-refractivity contribution in [3.8, 4) is 5.75 Å². The second-order valence-electron chi connectivity index (χ2n) is 4.42. The molecule has 1 aromatic rings. The molecule has 0 saturated heterocycles. The quantitative estimate of drug-likeness (QED) is 0.819. The van der Waals surface area contributed by atoms with Gasteiger partial charge in [0, 0.05) is 0 Å². The Morgan fingerprint density at radius 2 is 1.84 bits per heavy atom. The van der Waals surface area contributed by atoms with Crippen LogP contribution < -0.4 is 10.1 Å². The van der Waals surface area contributed by atoms with Gasteiger partial charge >= 0.3 is 5.97 Å². The van der Waals surface area contributed by atoms with Gasteiger partial charge in [-0.2, -0.15) is 0 Å². The molecule has 0 aliphatic rings. The lowest BCUT2D eigenvalue weighted by Gasteiger charge is -2.13. The van der Waals surface area contributed by atoms with Crippen LogP contribution in [0.4, 0.5) is 0 Å². The zero-order chi connectivity index (χ0) is 14.4. The van der Waals surface area contributed by atoms with E-state index in [4.69, 9.17) is 9.84 Å². The molecule has 19 heavy (non-hydrogen) atoms. The summed E-state index contributed by atoms with van der Waals surface area (Å²) in [5.74, 6) is -0.587. The van der Waals surface area contributed by atoms with Crippen LogP contribution >= 0.6 is 0 Å². The van der Waals surface area contributed by atoms with Gasteiger partial charge in [-0.05, 0) is 37.5 Å². The third kappa shape index (κ3) is 4.62. The third-order valence-electron chi connectivity index (χ3n) is 2.89. The lowest BCUT2D eigenvalue weighted by molar-refractivity contribution is -0.138. The molecule has 0 aromatic heterocycles.